The third kappa shape index (κ3) is 4.59. The number of carboxylic acid groups (broad SMARTS) is 1. The normalized spacial score (nSPS) is 11.8. The van der Waals surface area contributed by atoms with Gasteiger partial charge in [0.05, 0.1) is 5.97 Å². The van der Waals surface area contributed by atoms with Gasteiger partial charge in [0.15, 0.2) is 0 Å². The number of nitrogens with two attached hydrogens (primary N) is 1. The Morgan fingerprint density at radius 1 is 1.88 bits per heavy atom. The topological polar surface area (TPSA) is 66.2 Å². The molecule has 0 aliphatic heterocycles. The molecule has 42 valence electrons. The van der Waals surface area contributed by atoms with Crippen molar-refractivity contribution in [3.05, 3.63) is 0 Å². The predicted molar refractivity (Wildman–Crippen MR) is 23.3 cm³/mol. The first-order valence-corrected chi connectivity index (χ1v) is 2.15. The molecule has 0 rings (SSSR count). The van der Waals surface area contributed by atoms with Crippen molar-refractivity contribution < 1.29 is 39.5 Å². The molecule has 0 bridgehead atoms. The largest absolute Gasteiger partial charge is 1.00 e. The fraction of sp³-hybridized carbons (Fsp3) is 0.750. The Labute approximate surface area is 70.5 Å². The van der Waals surface area contributed by atoms with Crippen LogP contribution in [-0.2, 0) is 4.79 Å². The molecule has 0 aliphatic rings. The first-order chi connectivity index (χ1) is 3.18. The fourth-order valence-electron chi connectivity index (χ4n) is 0.167. The van der Waals surface area contributed by atoms with E-state index >= 15 is 0 Å². The number of hydrogen-bond acceptors (Lipinski definition) is 3. The summed E-state index contributed by atoms with van der Waals surface area (Å²) in [5.41, 5.74) is 4.95. The first kappa shape index (κ1) is 11.3. The first-order valence-electron chi connectivity index (χ1n) is 2.15. The van der Waals surface area contributed by atoms with E-state index in [1.54, 1.807) is 6.92 Å². The van der Waals surface area contributed by atoms with Crippen LogP contribution in [0.3, 0.4) is 0 Å². The van der Waals surface area contributed by atoms with Gasteiger partial charge in [0.2, 0.25) is 0 Å². The van der Waals surface area contributed by atoms with Gasteiger partial charge in [-0.05, 0) is 6.42 Å². The van der Waals surface area contributed by atoms with Gasteiger partial charge in [-0.2, -0.15) is 0 Å². The monoisotopic (exact) mass is 125 g/mol. The third-order valence-corrected chi connectivity index (χ3v) is 0.743. The summed E-state index contributed by atoms with van der Waals surface area (Å²) >= 11 is 0. The van der Waals surface area contributed by atoms with Gasteiger partial charge >= 0.3 is 29.6 Å². The Morgan fingerprint density at radius 3 is 2.25 bits per heavy atom. The van der Waals surface area contributed by atoms with E-state index in [4.69, 9.17) is 5.73 Å². The smallest absolute Gasteiger partial charge is 0.548 e. The van der Waals surface area contributed by atoms with Crippen LogP contribution in [0.5, 0.6) is 0 Å². The van der Waals surface area contributed by atoms with Crippen LogP contribution in [-0.4, -0.2) is 12.0 Å². The molecule has 0 fully saturated rings. The van der Waals surface area contributed by atoms with Crippen LogP contribution < -0.4 is 40.4 Å². The summed E-state index contributed by atoms with van der Waals surface area (Å²) in [6.45, 7) is 1.69. The number of carbonyl (C=O) groups excluding carboxylic acids is 1. The molecule has 0 heterocycles. The number of carboxylic acids is 1. The van der Waals surface area contributed by atoms with Crippen molar-refractivity contribution in [2.75, 3.05) is 0 Å². The van der Waals surface area contributed by atoms with Crippen LogP contribution in [0.25, 0.3) is 0 Å². The molecule has 0 aliphatic carbocycles. The van der Waals surface area contributed by atoms with Crippen LogP contribution in [0.15, 0.2) is 0 Å². The zero-order valence-corrected chi connectivity index (χ0v) is 7.18. The SMILES string of the molecule is CCC(N)C(=O)[O-].[Na+]. The Morgan fingerprint density at radius 2 is 2.25 bits per heavy atom. The zero-order chi connectivity index (χ0) is 5.86. The van der Waals surface area contributed by atoms with Crippen LogP contribution in [0.2, 0.25) is 0 Å². The fourth-order valence-corrected chi connectivity index (χ4v) is 0.167. The van der Waals surface area contributed by atoms with E-state index in [2.05, 4.69) is 0 Å². The van der Waals surface area contributed by atoms with Gasteiger partial charge in [-0.1, -0.05) is 6.92 Å². The van der Waals surface area contributed by atoms with Gasteiger partial charge in [-0.3, -0.25) is 0 Å². The minimum Gasteiger partial charge on any atom is -0.548 e. The second-order valence-corrected chi connectivity index (χ2v) is 1.33. The van der Waals surface area contributed by atoms with E-state index in [9.17, 15) is 9.90 Å². The molecule has 0 aromatic heterocycles. The molecule has 0 saturated heterocycles. The maximum absolute atomic E-state index is 9.69. The molecule has 0 radical (unpaired) electrons. The Bertz CT molecular complexity index is 76.4. The zero-order valence-electron chi connectivity index (χ0n) is 5.18. The second kappa shape index (κ2) is 5.56. The summed E-state index contributed by atoms with van der Waals surface area (Å²) in [6.07, 6.45) is 0.433. The number of hydrogen-bond donors (Lipinski definition) is 1. The molecule has 1 atom stereocenters. The van der Waals surface area contributed by atoms with Crippen LogP contribution >= 0.6 is 0 Å². The van der Waals surface area contributed by atoms with Crippen molar-refractivity contribution in [3.8, 4) is 0 Å². The predicted octanol–water partition coefficient (Wildman–Crippen LogP) is -4.52. The Kier molecular flexibility index (Phi) is 7.83. The van der Waals surface area contributed by atoms with E-state index in [-0.39, 0.29) is 29.6 Å². The van der Waals surface area contributed by atoms with Crippen LogP contribution in [0.1, 0.15) is 13.3 Å². The molecule has 0 amide bonds. The van der Waals surface area contributed by atoms with Gasteiger partial charge in [-0.15, -0.1) is 0 Å². The molecule has 0 aromatic carbocycles. The number of rotatable bonds is 2. The van der Waals surface area contributed by atoms with Gasteiger partial charge in [-0.25, -0.2) is 0 Å². The van der Waals surface area contributed by atoms with E-state index < -0.39 is 12.0 Å². The summed E-state index contributed by atoms with van der Waals surface area (Å²) in [7, 11) is 0. The minimum absolute atomic E-state index is 0. The Hall–Kier alpha value is 0.430. The summed E-state index contributed by atoms with van der Waals surface area (Å²) in [5.74, 6) is -1.18. The maximum Gasteiger partial charge on any atom is 1.00 e. The van der Waals surface area contributed by atoms with Gasteiger partial charge in [0.1, 0.15) is 0 Å². The average Bonchev–Trinajstić information content (AvgIpc) is 1.65. The molecule has 0 aromatic rings. The van der Waals surface area contributed by atoms with Gasteiger partial charge in [0.25, 0.3) is 0 Å². The summed E-state index contributed by atoms with van der Waals surface area (Å²) < 4.78 is 0. The Balaban J connectivity index is 0. The standard InChI is InChI=1S/C4H9NO2.Na/c1-2-3(5)4(6)7;/h3H,2,5H2,1H3,(H,6,7);/q;+1/p-1. The molecule has 8 heavy (non-hydrogen) atoms. The van der Waals surface area contributed by atoms with Crippen molar-refractivity contribution >= 4 is 5.97 Å². The second-order valence-electron chi connectivity index (χ2n) is 1.33. The van der Waals surface area contributed by atoms with E-state index in [0.29, 0.717) is 6.42 Å². The molecule has 0 saturated carbocycles. The number of aliphatic carboxylic acids is 1. The van der Waals surface area contributed by atoms with Crippen molar-refractivity contribution in [2.45, 2.75) is 19.4 Å². The van der Waals surface area contributed by atoms with Crippen LogP contribution in [0, 0.1) is 0 Å². The van der Waals surface area contributed by atoms with Crippen molar-refractivity contribution in [2.24, 2.45) is 5.73 Å². The summed E-state index contributed by atoms with van der Waals surface area (Å²) in [4.78, 5) is 9.69. The molecule has 4 heteroatoms. The minimum atomic E-state index is -1.18. The quantitative estimate of drug-likeness (QED) is 0.378. The van der Waals surface area contributed by atoms with Gasteiger partial charge < -0.3 is 15.6 Å². The average molecular weight is 125 g/mol. The van der Waals surface area contributed by atoms with E-state index in [1.807, 2.05) is 0 Å². The maximum atomic E-state index is 9.69. The van der Waals surface area contributed by atoms with Crippen LogP contribution in [0.4, 0.5) is 0 Å². The van der Waals surface area contributed by atoms with E-state index in [0.717, 1.165) is 0 Å². The van der Waals surface area contributed by atoms with Crippen molar-refractivity contribution in [3.63, 3.8) is 0 Å². The van der Waals surface area contributed by atoms with Crippen molar-refractivity contribution in [1.82, 2.24) is 0 Å². The molecular weight excluding hydrogens is 117 g/mol. The number of carbonyl (C=O) groups is 1. The van der Waals surface area contributed by atoms with E-state index in [1.165, 1.54) is 0 Å². The molecular formula is C4H8NNaO2. The summed E-state index contributed by atoms with van der Waals surface area (Å²) in [6, 6.07) is -0.792. The third-order valence-electron chi connectivity index (χ3n) is 0.743. The van der Waals surface area contributed by atoms with Gasteiger partial charge in [0, 0.05) is 6.04 Å². The molecule has 0 spiro atoms. The molecule has 1 unspecified atom stereocenters. The molecule has 3 nitrogen and oxygen atoms in total. The van der Waals surface area contributed by atoms with Crippen molar-refractivity contribution in [1.29, 1.82) is 0 Å². The molecule has 2 N–H and O–H groups in total. The summed E-state index contributed by atoms with van der Waals surface area (Å²) in [5, 5.41) is 9.69.